The van der Waals surface area contributed by atoms with Crippen LogP contribution in [0.3, 0.4) is 0 Å². The van der Waals surface area contributed by atoms with Gasteiger partial charge in [0.05, 0.1) is 6.61 Å². The van der Waals surface area contributed by atoms with Gasteiger partial charge in [-0.2, -0.15) is 0 Å². The maximum absolute atomic E-state index is 12.6. The molecule has 0 atom stereocenters. The minimum absolute atomic E-state index is 0.314. The monoisotopic (exact) mass is 409 g/mol. The number of fused-ring (bicyclic) bond motifs is 1. The predicted octanol–water partition coefficient (Wildman–Crippen LogP) is 6.99. The molecule has 5 heteroatoms. The molecule has 0 aliphatic heterocycles. The highest BCUT2D eigenvalue weighted by atomic mass is 35.5. The lowest BCUT2D eigenvalue weighted by Gasteiger charge is -2.06. The number of nitrogens with one attached hydrogen (secondary N) is 1. The average Bonchev–Trinajstić information content (AvgIpc) is 3.07. The Kier molecular flexibility index (Phi) is 5.12. The van der Waals surface area contributed by atoms with Crippen LogP contribution in [0.15, 0.2) is 66.7 Å². The first-order valence-corrected chi connectivity index (χ1v) is 9.67. The van der Waals surface area contributed by atoms with Crippen molar-refractivity contribution in [2.75, 3.05) is 6.61 Å². The number of rotatable bonds is 4. The zero-order valence-corrected chi connectivity index (χ0v) is 16.6. The summed E-state index contributed by atoms with van der Waals surface area (Å²) in [5, 5.41) is 2.10. The van der Waals surface area contributed by atoms with E-state index in [2.05, 4.69) is 4.98 Å². The smallest absolute Gasteiger partial charge is 0.355 e. The number of esters is 1. The molecule has 1 heterocycles. The van der Waals surface area contributed by atoms with Crippen LogP contribution in [-0.2, 0) is 4.74 Å². The molecular weight excluding hydrogens is 393 g/mol. The summed E-state index contributed by atoms with van der Waals surface area (Å²) in [5.74, 6) is -0.370. The molecule has 4 aromatic rings. The zero-order chi connectivity index (χ0) is 19.7. The third-order valence-electron chi connectivity index (χ3n) is 4.54. The quantitative estimate of drug-likeness (QED) is 0.369. The van der Waals surface area contributed by atoms with Gasteiger partial charge in [0.1, 0.15) is 5.69 Å². The van der Waals surface area contributed by atoms with Gasteiger partial charge in [-0.05, 0) is 47.9 Å². The molecule has 28 heavy (non-hydrogen) atoms. The van der Waals surface area contributed by atoms with E-state index in [9.17, 15) is 4.79 Å². The van der Waals surface area contributed by atoms with Crippen LogP contribution >= 0.6 is 23.2 Å². The van der Waals surface area contributed by atoms with Crippen molar-refractivity contribution in [2.24, 2.45) is 0 Å². The maximum atomic E-state index is 12.6. The second kappa shape index (κ2) is 7.70. The van der Waals surface area contributed by atoms with Gasteiger partial charge in [-0.25, -0.2) is 4.79 Å². The number of hydrogen-bond donors (Lipinski definition) is 1. The van der Waals surface area contributed by atoms with Crippen LogP contribution in [0.25, 0.3) is 33.2 Å². The molecule has 0 aliphatic carbocycles. The van der Waals surface area contributed by atoms with E-state index in [1.165, 1.54) is 0 Å². The third kappa shape index (κ3) is 3.51. The first kappa shape index (κ1) is 18.6. The van der Waals surface area contributed by atoms with E-state index in [4.69, 9.17) is 27.9 Å². The SMILES string of the molecule is CCOC(=O)c1[nH]c2cc(-c3cc(Cl)cc(Cl)c3)ccc2c1-c1ccccc1. The van der Waals surface area contributed by atoms with E-state index < -0.39 is 0 Å². The van der Waals surface area contributed by atoms with Crippen LogP contribution in [0.2, 0.25) is 10.0 Å². The fourth-order valence-electron chi connectivity index (χ4n) is 3.36. The molecule has 140 valence electrons. The summed E-state index contributed by atoms with van der Waals surface area (Å²) in [6.07, 6.45) is 0. The fourth-order valence-corrected chi connectivity index (χ4v) is 3.88. The normalized spacial score (nSPS) is 11.0. The van der Waals surface area contributed by atoms with Crippen LogP contribution < -0.4 is 0 Å². The molecule has 0 saturated heterocycles. The lowest BCUT2D eigenvalue weighted by molar-refractivity contribution is 0.0521. The summed E-state index contributed by atoms with van der Waals surface area (Å²) >= 11 is 12.3. The molecule has 0 saturated carbocycles. The number of aromatic nitrogens is 1. The van der Waals surface area contributed by atoms with Crippen LogP contribution in [0, 0.1) is 0 Å². The Morgan fingerprint density at radius 2 is 1.61 bits per heavy atom. The van der Waals surface area contributed by atoms with E-state index in [1.54, 1.807) is 13.0 Å². The van der Waals surface area contributed by atoms with Gasteiger partial charge in [-0.3, -0.25) is 0 Å². The maximum Gasteiger partial charge on any atom is 0.355 e. The van der Waals surface area contributed by atoms with Gasteiger partial charge in [0.25, 0.3) is 0 Å². The molecule has 0 fully saturated rings. The minimum atomic E-state index is -0.370. The molecule has 0 bridgehead atoms. The predicted molar refractivity (Wildman–Crippen MR) is 115 cm³/mol. The molecule has 0 unspecified atom stereocenters. The van der Waals surface area contributed by atoms with Gasteiger partial charge in [-0.1, -0.05) is 65.7 Å². The van der Waals surface area contributed by atoms with Crippen molar-refractivity contribution in [1.29, 1.82) is 0 Å². The molecule has 3 aromatic carbocycles. The molecule has 0 aliphatic rings. The van der Waals surface area contributed by atoms with E-state index >= 15 is 0 Å². The van der Waals surface area contributed by atoms with Crippen molar-refractivity contribution in [3.8, 4) is 22.3 Å². The van der Waals surface area contributed by atoms with E-state index in [0.29, 0.717) is 22.3 Å². The fraction of sp³-hybridized carbons (Fsp3) is 0.0870. The topological polar surface area (TPSA) is 42.1 Å². The Morgan fingerprint density at radius 3 is 2.29 bits per heavy atom. The Hall–Kier alpha value is -2.75. The van der Waals surface area contributed by atoms with E-state index in [0.717, 1.165) is 33.2 Å². The molecule has 0 amide bonds. The Morgan fingerprint density at radius 1 is 0.893 bits per heavy atom. The number of benzene rings is 3. The Bertz CT molecular complexity index is 1150. The standard InChI is InChI=1S/C23H17Cl2NO2/c1-2-28-23(27)22-21(14-6-4-3-5-7-14)19-9-8-15(12-20(19)26-22)16-10-17(24)13-18(25)11-16/h3-13,26H,2H2,1H3. The van der Waals surface area contributed by atoms with Gasteiger partial charge in [-0.15, -0.1) is 0 Å². The highest BCUT2D eigenvalue weighted by Crippen LogP contribution is 2.36. The van der Waals surface area contributed by atoms with Crippen molar-refractivity contribution < 1.29 is 9.53 Å². The lowest BCUT2D eigenvalue weighted by Crippen LogP contribution is -2.06. The van der Waals surface area contributed by atoms with Crippen molar-refractivity contribution in [3.05, 3.63) is 82.5 Å². The Balaban J connectivity index is 1.92. The highest BCUT2D eigenvalue weighted by molar-refractivity contribution is 6.35. The second-order valence-electron chi connectivity index (χ2n) is 6.38. The van der Waals surface area contributed by atoms with Crippen molar-refractivity contribution >= 4 is 40.1 Å². The van der Waals surface area contributed by atoms with Gasteiger partial charge in [0.15, 0.2) is 0 Å². The number of carbonyl (C=O) groups excluding carboxylic acids is 1. The molecule has 1 N–H and O–H groups in total. The number of aromatic amines is 1. The van der Waals surface area contributed by atoms with Crippen LogP contribution in [-0.4, -0.2) is 17.6 Å². The lowest BCUT2D eigenvalue weighted by atomic mass is 9.99. The van der Waals surface area contributed by atoms with Gasteiger partial charge >= 0.3 is 5.97 Å². The molecule has 3 nitrogen and oxygen atoms in total. The van der Waals surface area contributed by atoms with Crippen molar-refractivity contribution in [2.45, 2.75) is 6.92 Å². The Labute approximate surface area is 172 Å². The second-order valence-corrected chi connectivity index (χ2v) is 7.25. The summed E-state index contributed by atoms with van der Waals surface area (Å²) < 4.78 is 5.26. The van der Waals surface area contributed by atoms with Crippen LogP contribution in [0.4, 0.5) is 0 Å². The van der Waals surface area contributed by atoms with E-state index in [1.807, 2.05) is 60.7 Å². The number of carbonyl (C=O) groups is 1. The van der Waals surface area contributed by atoms with Gasteiger partial charge in [0, 0.05) is 26.5 Å². The summed E-state index contributed by atoms with van der Waals surface area (Å²) in [6.45, 7) is 2.11. The average molecular weight is 410 g/mol. The molecule has 0 spiro atoms. The largest absolute Gasteiger partial charge is 0.461 e. The zero-order valence-electron chi connectivity index (χ0n) is 15.1. The van der Waals surface area contributed by atoms with Crippen molar-refractivity contribution in [1.82, 2.24) is 4.98 Å². The summed E-state index contributed by atoms with van der Waals surface area (Å²) in [4.78, 5) is 15.8. The number of ether oxygens (including phenoxy) is 1. The molecule has 0 radical (unpaired) electrons. The summed E-state index contributed by atoms with van der Waals surface area (Å²) in [5.41, 5.74) is 4.95. The first-order chi connectivity index (χ1) is 13.6. The molecular formula is C23H17Cl2NO2. The van der Waals surface area contributed by atoms with Crippen LogP contribution in [0.1, 0.15) is 17.4 Å². The number of H-pyrrole nitrogens is 1. The van der Waals surface area contributed by atoms with Crippen molar-refractivity contribution in [3.63, 3.8) is 0 Å². The van der Waals surface area contributed by atoms with Crippen LogP contribution in [0.5, 0.6) is 0 Å². The number of hydrogen-bond acceptors (Lipinski definition) is 2. The highest BCUT2D eigenvalue weighted by Gasteiger charge is 2.20. The van der Waals surface area contributed by atoms with E-state index in [-0.39, 0.29) is 5.97 Å². The third-order valence-corrected chi connectivity index (χ3v) is 4.97. The van der Waals surface area contributed by atoms with Gasteiger partial charge < -0.3 is 9.72 Å². The van der Waals surface area contributed by atoms with Gasteiger partial charge in [0.2, 0.25) is 0 Å². The molecule has 4 rings (SSSR count). The summed E-state index contributed by atoms with van der Waals surface area (Å²) in [6, 6.07) is 21.2. The molecule has 1 aromatic heterocycles. The summed E-state index contributed by atoms with van der Waals surface area (Å²) in [7, 11) is 0. The minimum Gasteiger partial charge on any atom is -0.461 e. The number of halogens is 2. The first-order valence-electron chi connectivity index (χ1n) is 8.91.